The summed E-state index contributed by atoms with van der Waals surface area (Å²) < 4.78 is 0. The minimum atomic E-state index is 0.0890. The van der Waals surface area contributed by atoms with Crippen LogP contribution in [0.4, 0.5) is 0 Å². The Kier molecular flexibility index (Phi) is 2.61. The number of carbonyl (C=O) groups excluding carboxylic acids is 1. The van der Waals surface area contributed by atoms with Gasteiger partial charge in [-0.25, -0.2) is 0 Å². The number of para-hydroxylation sites is 1. The first kappa shape index (κ1) is 10.7. The van der Waals surface area contributed by atoms with Crippen LogP contribution in [-0.4, -0.2) is 21.2 Å². The molecule has 4 heteroatoms. The fourth-order valence-corrected chi connectivity index (χ4v) is 1.97. The van der Waals surface area contributed by atoms with Gasteiger partial charge in [0.1, 0.15) is 11.0 Å². The number of benzene rings is 2. The SMILES string of the molecule is O=C(Cc1cccc2n[nH]nc12)c1ccccc1. The zero-order chi connectivity index (χ0) is 12.4. The highest BCUT2D eigenvalue weighted by Gasteiger charge is 2.10. The second-order valence-corrected chi connectivity index (χ2v) is 4.07. The van der Waals surface area contributed by atoms with E-state index in [1.807, 2.05) is 48.5 Å². The summed E-state index contributed by atoms with van der Waals surface area (Å²) in [7, 11) is 0. The zero-order valence-corrected chi connectivity index (χ0v) is 9.63. The standard InChI is InChI=1S/C14H11N3O/c18-13(10-5-2-1-3-6-10)9-11-7-4-8-12-14(11)16-17-15-12/h1-8H,9H2,(H,15,16,17). The number of hydrogen-bond donors (Lipinski definition) is 1. The van der Waals surface area contributed by atoms with Gasteiger partial charge in [0.25, 0.3) is 0 Å². The van der Waals surface area contributed by atoms with Crippen molar-refractivity contribution in [1.29, 1.82) is 0 Å². The van der Waals surface area contributed by atoms with Crippen molar-refractivity contribution in [2.45, 2.75) is 6.42 Å². The molecule has 0 amide bonds. The number of fused-ring (bicyclic) bond motifs is 1. The summed E-state index contributed by atoms with van der Waals surface area (Å²) >= 11 is 0. The van der Waals surface area contributed by atoms with Crippen molar-refractivity contribution < 1.29 is 4.79 Å². The van der Waals surface area contributed by atoms with Crippen LogP contribution in [0.3, 0.4) is 0 Å². The van der Waals surface area contributed by atoms with Crippen molar-refractivity contribution in [3.8, 4) is 0 Å². The Morgan fingerprint density at radius 2 is 1.83 bits per heavy atom. The van der Waals surface area contributed by atoms with Gasteiger partial charge in [0.15, 0.2) is 5.78 Å². The lowest BCUT2D eigenvalue weighted by molar-refractivity contribution is 0.0993. The number of nitrogens with zero attached hydrogens (tertiary/aromatic N) is 2. The quantitative estimate of drug-likeness (QED) is 0.711. The van der Waals surface area contributed by atoms with Gasteiger partial charge in [-0.1, -0.05) is 42.5 Å². The maximum absolute atomic E-state index is 12.1. The van der Waals surface area contributed by atoms with Crippen molar-refractivity contribution in [1.82, 2.24) is 15.4 Å². The van der Waals surface area contributed by atoms with E-state index in [1.165, 1.54) is 0 Å². The summed E-state index contributed by atoms with van der Waals surface area (Å²) in [5, 5.41) is 10.7. The highest BCUT2D eigenvalue weighted by atomic mass is 16.1. The number of Topliss-reactive ketones (excluding diaryl/α,β-unsaturated/α-hetero) is 1. The molecule has 1 aromatic heterocycles. The summed E-state index contributed by atoms with van der Waals surface area (Å²) in [6.07, 6.45) is 0.341. The topological polar surface area (TPSA) is 58.6 Å². The predicted octanol–water partition coefficient (Wildman–Crippen LogP) is 2.38. The number of nitrogens with one attached hydrogen (secondary N) is 1. The van der Waals surface area contributed by atoms with Crippen molar-refractivity contribution in [3.63, 3.8) is 0 Å². The van der Waals surface area contributed by atoms with Crippen LogP contribution >= 0.6 is 0 Å². The van der Waals surface area contributed by atoms with Gasteiger partial charge < -0.3 is 0 Å². The lowest BCUT2D eigenvalue weighted by Crippen LogP contribution is -2.03. The van der Waals surface area contributed by atoms with Crippen LogP contribution in [0.2, 0.25) is 0 Å². The van der Waals surface area contributed by atoms with Gasteiger partial charge in [0.05, 0.1) is 0 Å². The lowest BCUT2D eigenvalue weighted by Gasteiger charge is -2.01. The fourth-order valence-electron chi connectivity index (χ4n) is 1.97. The maximum Gasteiger partial charge on any atom is 0.167 e. The summed E-state index contributed by atoms with van der Waals surface area (Å²) in [6.45, 7) is 0. The molecule has 18 heavy (non-hydrogen) atoms. The van der Waals surface area contributed by atoms with Crippen LogP contribution in [0.15, 0.2) is 48.5 Å². The second-order valence-electron chi connectivity index (χ2n) is 4.07. The summed E-state index contributed by atoms with van der Waals surface area (Å²) in [5.74, 6) is 0.0890. The molecule has 2 aromatic carbocycles. The van der Waals surface area contributed by atoms with Crippen molar-refractivity contribution in [2.24, 2.45) is 0 Å². The predicted molar refractivity (Wildman–Crippen MR) is 68.4 cm³/mol. The molecule has 4 nitrogen and oxygen atoms in total. The third-order valence-electron chi connectivity index (χ3n) is 2.88. The van der Waals surface area contributed by atoms with E-state index in [0.717, 1.165) is 22.2 Å². The van der Waals surface area contributed by atoms with Gasteiger partial charge >= 0.3 is 0 Å². The first-order valence-electron chi connectivity index (χ1n) is 5.71. The Morgan fingerprint density at radius 3 is 2.67 bits per heavy atom. The Labute approximate surface area is 104 Å². The van der Waals surface area contributed by atoms with E-state index in [9.17, 15) is 4.79 Å². The van der Waals surface area contributed by atoms with Crippen LogP contribution in [0.25, 0.3) is 11.0 Å². The average molecular weight is 237 g/mol. The summed E-state index contributed by atoms with van der Waals surface area (Å²) in [6, 6.07) is 14.9. The molecule has 1 N–H and O–H groups in total. The minimum Gasteiger partial charge on any atom is -0.294 e. The smallest absolute Gasteiger partial charge is 0.167 e. The van der Waals surface area contributed by atoms with E-state index in [2.05, 4.69) is 15.4 Å². The number of carbonyl (C=O) groups is 1. The molecular formula is C14H11N3O. The first-order valence-corrected chi connectivity index (χ1v) is 5.71. The average Bonchev–Trinajstić information content (AvgIpc) is 2.89. The summed E-state index contributed by atoms with van der Waals surface area (Å²) in [4.78, 5) is 12.1. The molecule has 0 spiro atoms. The molecule has 0 radical (unpaired) electrons. The molecule has 0 unspecified atom stereocenters. The Bertz CT molecular complexity index is 688. The normalized spacial score (nSPS) is 10.7. The highest BCUT2D eigenvalue weighted by Crippen LogP contribution is 2.16. The van der Waals surface area contributed by atoms with E-state index in [-0.39, 0.29) is 5.78 Å². The van der Waals surface area contributed by atoms with E-state index in [1.54, 1.807) is 0 Å². The van der Waals surface area contributed by atoms with Gasteiger partial charge in [0.2, 0.25) is 0 Å². The van der Waals surface area contributed by atoms with Gasteiger partial charge in [-0.05, 0) is 11.6 Å². The lowest BCUT2D eigenvalue weighted by atomic mass is 10.0. The molecule has 1 heterocycles. The molecule has 3 aromatic rings. The molecule has 0 saturated heterocycles. The largest absolute Gasteiger partial charge is 0.294 e. The third kappa shape index (κ3) is 1.88. The molecule has 0 fully saturated rings. The molecular weight excluding hydrogens is 226 g/mol. The highest BCUT2D eigenvalue weighted by molar-refractivity contribution is 5.99. The van der Waals surface area contributed by atoms with Gasteiger partial charge in [-0.15, -0.1) is 0 Å². The van der Waals surface area contributed by atoms with E-state index in [4.69, 9.17) is 0 Å². The molecule has 0 bridgehead atoms. The molecule has 0 aliphatic carbocycles. The van der Waals surface area contributed by atoms with Crippen LogP contribution in [0, 0.1) is 0 Å². The molecule has 0 aliphatic rings. The van der Waals surface area contributed by atoms with Crippen molar-refractivity contribution in [2.75, 3.05) is 0 Å². The van der Waals surface area contributed by atoms with Crippen LogP contribution in [0.1, 0.15) is 15.9 Å². The monoisotopic (exact) mass is 237 g/mol. The Morgan fingerprint density at radius 1 is 1.00 bits per heavy atom. The zero-order valence-electron chi connectivity index (χ0n) is 9.63. The van der Waals surface area contributed by atoms with Crippen molar-refractivity contribution in [3.05, 3.63) is 59.7 Å². The number of aromatic nitrogens is 3. The van der Waals surface area contributed by atoms with E-state index < -0.39 is 0 Å². The fraction of sp³-hybridized carbons (Fsp3) is 0.0714. The number of H-pyrrole nitrogens is 1. The number of rotatable bonds is 3. The molecule has 0 aliphatic heterocycles. The number of ketones is 1. The number of aromatic amines is 1. The Balaban J connectivity index is 1.93. The van der Waals surface area contributed by atoms with Gasteiger partial charge in [-0.2, -0.15) is 15.4 Å². The molecule has 3 rings (SSSR count). The molecule has 0 atom stereocenters. The second kappa shape index (κ2) is 4.41. The minimum absolute atomic E-state index is 0.0890. The van der Waals surface area contributed by atoms with Gasteiger partial charge in [-0.3, -0.25) is 4.79 Å². The first-order chi connectivity index (χ1) is 8.84. The molecule has 88 valence electrons. The van der Waals surface area contributed by atoms with E-state index >= 15 is 0 Å². The third-order valence-corrected chi connectivity index (χ3v) is 2.88. The summed E-state index contributed by atoms with van der Waals surface area (Å²) in [5.41, 5.74) is 3.17. The maximum atomic E-state index is 12.1. The van der Waals surface area contributed by atoms with Crippen LogP contribution < -0.4 is 0 Å². The van der Waals surface area contributed by atoms with Crippen molar-refractivity contribution >= 4 is 16.8 Å². The van der Waals surface area contributed by atoms with Crippen LogP contribution in [0.5, 0.6) is 0 Å². The van der Waals surface area contributed by atoms with Crippen LogP contribution in [-0.2, 0) is 6.42 Å². The van der Waals surface area contributed by atoms with E-state index in [0.29, 0.717) is 6.42 Å². The van der Waals surface area contributed by atoms with Gasteiger partial charge in [0, 0.05) is 12.0 Å². The number of hydrogen-bond acceptors (Lipinski definition) is 3. The Hall–Kier alpha value is -2.49. The molecule has 0 saturated carbocycles.